The van der Waals surface area contributed by atoms with Crippen molar-refractivity contribution in [3.05, 3.63) is 29.3 Å². The molecule has 90 valence electrons. The molecule has 0 bridgehead atoms. The van der Waals surface area contributed by atoms with Gasteiger partial charge in [-0.2, -0.15) is 12.6 Å². The van der Waals surface area contributed by atoms with Gasteiger partial charge < -0.3 is 9.47 Å². The number of hydrogen-bond acceptors (Lipinski definition) is 5. The van der Waals surface area contributed by atoms with Gasteiger partial charge in [-0.15, -0.1) is 11.3 Å². The molecule has 0 aliphatic carbocycles. The quantitative estimate of drug-likeness (QED) is 0.863. The second kappa shape index (κ2) is 5.42. The number of nitrogens with zero attached hydrogens (tertiary/aromatic N) is 1. The van der Waals surface area contributed by atoms with Crippen LogP contribution in [0.1, 0.15) is 5.69 Å². The van der Waals surface area contributed by atoms with E-state index in [0.29, 0.717) is 5.75 Å². The zero-order chi connectivity index (χ0) is 12.3. The number of aromatic nitrogens is 1. The van der Waals surface area contributed by atoms with Crippen molar-refractivity contribution in [3.8, 4) is 22.1 Å². The van der Waals surface area contributed by atoms with Crippen molar-refractivity contribution in [3.63, 3.8) is 0 Å². The monoisotopic (exact) mass is 267 g/mol. The predicted molar refractivity (Wildman–Crippen MR) is 73.3 cm³/mol. The first-order valence-electron chi connectivity index (χ1n) is 5.06. The number of thiazole rings is 1. The van der Waals surface area contributed by atoms with E-state index in [-0.39, 0.29) is 0 Å². The summed E-state index contributed by atoms with van der Waals surface area (Å²) < 4.78 is 10.5. The van der Waals surface area contributed by atoms with Gasteiger partial charge in [0.2, 0.25) is 0 Å². The number of rotatable bonds is 4. The average molecular weight is 267 g/mol. The van der Waals surface area contributed by atoms with Gasteiger partial charge in [-0.1, -0.05) is 0 Å². The minimum absolute atomic E-state index is 0.642. The van der Waals surface area contributed by atoms with Gasteiger partial charge in [-0.05, 0) is 18.2 Å². The Labute approximate surface area is 110 Å². The first-order valence-corrected chi connectivity index (χ1v) is 6.57. The van der Waals surface area contributed by atoms with Crippen LogP contribution in [0.4, 0.5) is 0 Å². The topological polar surface area (TPSA) is 31.4 Å². The molecule has 3 nitrogen and oxygen atoms in total. The molecule has 0 aliphatic rings. The predicted octanol–water partition coefficient (Wildman–Crippen LogP) is 3.26. The van der Waals surface area contributed by atoms with E-state index in [1.807, 2.05) is 23.6 Å². The minimum Gasteiger partial charge on any atom is -0.497 e. The third kappa shape index (κ3) is 2.56. The van der Waals surface area contributed by atoms with Gasteiger partial charge in [-0.25, -0.2) is 4.98 Å². The molecule has 1 aromatic carbocycles. The first kappa shape index (κ1) is 12.3. The Bertz CT molecular complexity index is 511. The molecule has 0 atom stereocenters. The second-order valence-electron chi connectivity index (χ2n) is 3.37. The van der Waals surface area contributed by atoms with Crippen LogP contribution in [0.2, 0.25) is 0 Å². The van der Waals surface area contributed by atoms with Gasteiger partial charge in [0.25, 0.3) is 0 Å². The standard InChI is InChI=1S/C12H13NO2S2/c1-14-9-3-4-11(15-2)10(5-9)12-13-8(6-16)7-17-12/h3-5,7,16H,6H2,1-2H3. The molecule has 0 unspecified atom stereocenters. The van der Waals surface area contributed by atoms with E-state index >= 15 is 0 Å². The smallest absolute Gasteiger partial charge is 0.129 e. The average Bonchev–Trinajstić information content (AvgIpc) is 2.86. The van der Waals surface area contributed by atoms with E-state index < -0.39 is 0 Å². The van der Waals surface area contributed by atoms with Crippen molar-refractivity contribution in [2.45, 2.75) is 5.75 Å². The highest BCUT2D eigenvalue weighted by Crippen LogP contribution is 2.35. The van der Waals surface area contributed by atoms with Crippen LogP contribution in [0.15, 0.2) is 23.6 Å². The van der Waals surface area contributed by atoms with E-state index in [1.54, 1.807) is 25.6 Å². The summed E-state index contributed by atoms with van der Waals surface area (Å²) >= 11 is 5.79. The summed E-state index contributed by atoms with van der Waals surface area (Å²) in [5.74, 6) is 2.23. The first-order chi connectivity index (χ1) is 8.28. The zero-order valence-electron chi connectivity index (χ0n) is 9.64. The zero-order valence-corrected chi connectivity index (χ0v) is 11.3. The summed E-state index contributed by atoms with van der Waals surface area (Å²) in [5.41, 5.74) is 1.92. The fourth-order valence-electron chi connectivity index (χ4n) is 1.48. The van der Waals surface area contributed by atoms with Crippen LogP contribution >= 0.6 is 24.0 Å². The largest absolute Gasteiger partial charge is 0.497 e. The van der Waals surface area contributed by atoms with E-state index in [0.717, 1.165) is 27.8 Å². The maximum absolute atomic E-state index is 5.33. The molecule has 0 aliphatic heterocycles. The van der Waals surface area contributed by atoms with Gasteiger partial charge in [0.1, 0.15) is 16.5 Å². The summed E-state index contributed by atoms with van der Waals surface area (Å²) in [6.45, 7) is 0. The van der Waals surface area contributed by atoms with Crippen molar-refractivity contribution < 1.29 is 9.47 Å². The van der Waals surface area contributed by atoms with E-state index in [9.17, 15) is 0 Å². The third-order valence-corrected chi connectivity index (χ3v) is 3.60. The number of benzene rings is 1. The van der Waals surface area contributed by atoms with Crippen molar-refractivity contribution in [2.75, 3.05) is 14.2 Å². The normalized spacial score (nSPS) is 10.3. The summed E-state index contributed by atoms with van der Waals surface area (Å²) in [7, 11) is 3.30. The van der Waals surface area contributed by atoms with Crippen molar-refractivity contribution in [1.29, 1.82) is 0 Å². The molecule has 0 spiro atoms. The molecular weight excluding hydrogens is 254 g/mol. The van der Waals surface area contributed by atoms with E-state index in [2.05, 4.69) is 17.6 Å². The Morgan fingerprint density at radius 3 is 2.71 bits per heavy atom. The lowest BCUT2D eigenvalue weighted by atomic mass is 10.2. The number of ether oxygens (including phenoxy) is 2. The van der Waals surface area contributed by atoms with Crippen molar-refractivity contribution in [2.24, 2.45) is 0 Å². The van der Waals surface area contributed by atoms with Crippen LogP contribution in [0.5, 0.6) is 11.5 Å². The number of hydrogen-bond donors (Lipinski definition) is 1. The molecule has 0 saturated carbocycles. The lowest BCUT2D eigenvalue weighted by molar-refractivity contribution is 0.404. The highest BCUT2D eigenvalue weighted by atomic mass is 32.1. The number of methoxy groups -OCH3 is 2. The van der Waals surface area contributed by atoms with Crippen LogP contribution in [0.25, 0.3) is 10.6 Å². The van der Waals surface area contributed by atoms with Gasteiger partial charge in [0.15, 0.2) is 0 Å². The molecule has 0 fully saturated rings. The van der Waals surface area contributed by atoms with Gasteiger partial charge in [0, 0.05) is 11.1 Å². The second-order valence-corrected chi connectivity index (χ2v) is 4.54. The lowest BCUT2D eigenvalue weighted by Crippen LogP contribution is -1.90. The fourth-order valence-corrected chi connectivity index (χ4v) is 2.61. The Hall–Kier alpha value is -1.20. The summed E-state index contributed by atoms with van der Waals surface area (Å²) in [6, 6.07) is 5.69. The minimum atomic E-state index is 0.642. The van der Waals surface area contributed by atoms with Crippen LogP contribution < -0.4 is 9.47 Å². The third-order valence-electron chi connectivity index (χ3n) is 2.35. The van der Waals surface area contributed by atoms with Crippen molar-refractivity contribution >= 4 is 24.0 Å². The Morgan fingerprint density at radius 2 is 2.12 bits per heavy atom. The SMILES string of the molecule is COc1ccc(OC)c(-c2nc(CS)cs2)c1. The Morgan fingerprint density at radius 1 is 1.29 bits per heavy atom. The Balaban J connectivity index is 2.47. The molecular formula is C12H13NO2S2. The van der Waals surface area contributed by atoms with Crippen LogP contribution in [-0.4, -0.2) is 19.2 Å². The highest BCUT2D eigenvalue weighted by molar-refractivity contribution is 7.79. The molecule has 5 heteroatoms. The van der Waals surface area contributed by atoms with Gasteiger partial charge in [0.05, 0.1) is 25.5 Å². The molecule has 0 saturated heterocycles. The van der Waals surface area contributed by atoms with E-state index in [1.165, 1.54) is 0 Å². The molecule has 0 N–H and O–H groups in total. The molecule has 1 aromatic heterocycles. The fraction of sp³-hybridized carbons (Fsp3) is 0.250. The van der Waals surface area contributed by atoms with Crippen LogP contribution in [0, 0.1) is 0 Å². The molecule has 0 amide bonds. The molecule has 2 aromatic rings. The lowest BCUT2D eigenvalue weighted by Gasteiger charge is -2.08. The number of thiol groups is 1. The van der Waals surface area contributed by atoms with Crippen molar-refractivity contribution in [1.82, 2.24) is 4.98 Å². The summed E-state index contributed by atoms with van der Waals surface area (Å²) in [6.07, 6.45) is 0. The maximum Gasteiger partial charge on any atom is 0.129 e. The molecule has 1 heterocycles. The molecule has 2 rings (SSSR count). The van der Waals surface area contributed by atoms with E-state index in [4.69, 9.17) is 9.47 Å². The summed E-state index contributed by atoms with van der Waals surface area (Å²) in [5, 5.41) is 2.92. The molecule has 17 heavy (non-hydrogen) atoms. The molecule has 0 radical (unpaired) electrons. The maximum atomic E-state index is 5.33. The van der Waals surface area contributed by atoms with Gasteiger partial charge >= 0.3 is 0 Å². The highest BCUT2D eigenvalue weighted by Gasteiger charge is 2.11. The summed E-state index contributed by atoms with van der Waals surface area (Å²) in [4.78, 5) is 4.49. The Kier molecular flexibility index (Phi) is 3.91. The van der Waals surface area contributed by atoms with Crippen LogP contribution in [-0.2, 0) is 5.75 Å². The van der Waals surface area contributed by atoms with Gasteiger partial charge in [-0.3, -0.25) is 0 Å². The van der Waals surface area contributed by atoms with Crippen LogP contribution in [0.3, 0.4) is 0 Å².